The Morgan fingerprint density at radius 2 is 1.87 bits per heavy atom. The summed E-state index contributed by atoms with van der Waals surface area (Å²) in [4.78, 5) is 11.5. The molecule has 0 amide bonds. The molecule has 23 heavy (non-hydrogen) atoms. The Balaban J connectivity index is 2.07. The van der Waals surface area contributed by atoms with Crippen molar-refractivity contribution in [1.82, 2.24) is 0 Å². The number of aromatic hydroxyl groups is 2. The third-order valence-electron chi connectivity index (χ3n) is 5.82. The van der Waals surface area contributed by atoms with Gasteiger partial charge < -0.3 is 10.2 Å². The Bertz CT molecular complexity index is 822. The van der Waals surface area contributed by atoms with E-state index in [1.54, 1.807) is 0 Å². The number of phenolic OH excluding ortho intramolecular Hbond substituents is 2. The van der Waals surface area contributed by atoms with Crippen molar-refractivity contribution in [3.63, 3.8) is 0 Å². The summed E-state index contributed by atoms with van der Waals surface area (Å²) in [5.41, 5.74) is 5.55. The predicted molar refractivity (Wildman–Crippen MR) is 88.4 cm³/mol. The third-order valence-corrected chi connectivity index (χ3v) is 5.82. The van der Waals surface area contributed by atoms with Gasteiger partial charge in [0.25, 0.3) is 0 Å². The highest BCUT2D eigenvalue weighted by Crippen LogP contribution is 2.55. The van der Waals surface area contributed by atoms with Gasteiger partial charge in [-0.05, 0) is 66.8 Å². The summed E-state index contributed by atoms with van der Waals surface area (Å²) < 4.78 is 0. The van der Waals surface area contributed by atoms with Crippen LogP contribution in [-0.2, 0) is 18.3 Å². The third kappa shape index (κ3) is 1.73. The lowest BCUT2D eigenvalue weighted by molar-refractivity contribution is 0.111. The van der Waals surface area contributed by atoms with E-state index >= 15 is 0 Å². The normalized spacial score (nSPS) is 22.0. The van der Waals surface area contributed by atoms with Crippen molar-refractivity contribution >= 4 is 6.29 Å². The Hall–Kier alpha value is -2.29. The van der Waals surface area contributed by atoms with Gasteiger partial charge in [-0.1, -0.05) is 24.3 Å². The van der Waals surface area contributed by atoms with E-state index in [1.165, 1.54) is 11.1 Å². The SMILES string of the molecule is Cc1c(O)c(O)c(C=O)c2c1C1(CCCc3ccccc31)CC2. The molecule has 0 aromatic heterocycles. The minimum absolute atomic E-state index is 0.128. The highest BCUT2D eigenvalue weighted by atomic mass is 16.3. The van der Waals surface area contributed by atoms with Gasteiger partial charge in [0, 0.05) is 5.41 Å². The molecule has 0 aliphatic heterocycles. The summed E-state index contributed by atoms with van der Waals surface area (Å²) in [6.07, 6.45) is 5.60. The lowest BCUT2D eigenvalue weighted by Crippen LogP contribution is -2.30. The summed E-state index contributed by atoms with van der Waals surface area (Å²) in [6.45, 7) is 1.85. The zero-order valence-electron chi connectivity index (χ0n) is 13.2. The van der Waals surface area contributed by atoms with Crippen molar-refractivity contribution in [1.29, 1.82) is 0 Å². The fourth-order valence-electron chi connectivity index (χ4n) is 4.87. The molecule has 0 heterocycles. The van der Waals surface area contributed by atoms with E-state index in [2.05, 4.69) is 24.3 Å². The second kappa shape index (κ2) is 4.85. The van der Waals surface area contributed by atoms with Crippen LogP contribution in [0.2, 0.25) is 0 Å². The van der Waals surface area contributed by atoms with Gasteiger partial charge in [0.05, 0.1) is 5.56 Å². The second-order valence-corrected chi connectivity index (χ2v) is 6.80. The maximum Gasteiger partial charge on any atom is 0.168 e. The fourth-order valence-corrected chi connectivity index (χ4v) is 4.87. The molecule has 3 nitrogen and oxygen atoms in total. The van der Waals surface area contributed by atoms with Gasteiger partial charge in [-0.15, -0.1) is 0 Å². The second-order valence-electron chi connectivity index (χ2n) is 6.80. The van der Waals surface area contributed by atoms with Crippen molar-refractivity contribution in [3.05, 3.63) is 57.6 Å². The number of carbonyl (C=O) groups excluding carboxylic acids is 1. The predicted octanol–water partition coefficient (Wildman–Crippen LogP) is 3.79. The fraction of sp³-hybridized carbons (Fsp3) is 0.350. The lowest BCUT2D eigenvalue weighted by Gasteiger charge is -2.38. The molecule has 2 aliphatic rings. The molecule has 118 valence electrons. The van der Waals surface area contributed by atoms with Gasteiger partial charge in [0.15, 0.2) is 17.8 Å². The molecule has 1 atom stereocenters. The molecule has 2 aromatic rings. The molecule has 1 spiro atoms. The van der Waals surface area contributed by atoms with Crippen LogP contribution < -0.4 is 0 Å². The number of aryl methyl sites for hydroxylation is 1. The molecule has 0 fully saturated rings. The number of rotatable bonds is 1. The van der Waals surface area contributed by atoms with Crippen LogP contribution in [0.25, 0.3) is 0 Å². The van der Waals surface area contributed by atoms with Crippen molar-refractivity contribution in [2.75, 3.05) is 0 Å². The zero-order valence-corrected chi connectivity index (χ0v) is 13.2. The Labute approximate surface area is 135 Å². The maximum absolute atomic E-state index is 11.5. The van der Waals surface area contributed by atoms with E-state index in [0.717, 1.165) is 48.8 Å². The van der Waals surface area contributed by atoms with E-state index in [1.807, 2.05) is 6.92 Å². The first-order valence-corrected chi connectivity index (χ1v) is 8.21. The van der Waals surface area contributed by atoms with E-state index < -0.39 is 0 Å². The number of aldehydes is 1. The van der Waals surface area contributed by atoms with Crippen molar-refractivity contribution < 1.29 is 15.0 Å². The van der Waals surface area contributed by atoms with Gasteiger partial charge in [-0.3, -0.25) is 4.79 Å². The summed E-state index contributed by atoms with van der Waals surface area (Å²) in [7, 11) is 0. The first kappa shape index (κ1) is 14.3. The Kier molecular flexibility index (Phi) is 3.02. The van der Waals surface area contributed by atoms with E-state index in [-0.39, 0.29) is 22.5 Å². The first-order chi connectivity index (χ1) is 11.1. The molecule has 0 radical (unpaired) electrons. The van der Waals surface area contributed by atoms with Gasteiger partial charge in [0.1, 0.15) is 0 Å². The number of fused-ring (bicyclic) bond motifs is 4. The van der Waals surface area contributed by atoms with Crippen LogP contribution in [0.4, 0.5) is 0 Å². The molecule has 2 N–H and O–H groups in total. The molecule has 0 bridgehead atoms. The highest BCUT2D eigenvalue weighted by Gasteiger charge is 2.46. The van der Waals surface area contributed by atoms with Crippen LogP contribution in [0.1, 0.15) is 57.4 Å². The average molecular weight is 308 g/mol. The summed E-state index contributed by atoms with van der Waals surface area (Å²) >= 11 is 0. The smallest absolute Gasteiger partial charge is 0.168 e. The lowest BCUT2D eigenvalue weighted by atomic mass is 9.65. The molecule has 3 heteroatoms. The van der Waals surface area contributed by atoms with Crippen molar-refractivity contribution in [2.24, 2.45) is 0 Å². The molecule has 0 saturated carbocycles. The van der Waals surface area contributed by atoms with Gasteiger partial charge in [0.2, 0.25) is 0 Å². The number of hydrogen-bond acceptors (Lipinski definition) is 3. The molecular weight excluding hydrogens is 288 g/mol. The Morgan fingerprint density at radius 3 is 2.65 bits per heavy atom. The first-order valence-electron chi connectivity index (χ1n) is 8.21. The quantitative estimate of drug-likeness (QED) is 0.622. The van der Waals surface area contributed by atoms with Crippen LogP contribution >= 0.6 is 0 Å². The van der Waals surface area contributed by atoms with Crippen LogP contribution in [0.5, 0.6) is 11.5 Å². The van der Waals surface area contributed by atoms with Crippen LogP contribution in [-0.4, -0.2) is 16.5 Å². The minimum atomic E-state index is -0.266. The minimum Gasteiger partial charge on any atom is -0.504 e. The van der Waals surface area contributed by atoms with Crippen molar-refractivity contribution in [3.8, 4) is 11.5 Å². The van der Waals surface area contributed by atoms with Crippen LogP contribution in [0.3, 0.4) is 0 Å². The van der Waals surface area contributed by atoms with Gasteiger partial charge >= 0.3 is 0 Å². The summed E-state index contributed by atoms with van der Waals surface area (Å²) in [5.74, 6) is -0.410. The number of benzene rings is 2. The number of carbonyl (C=O) groups is 1. The molecule has 1 unspecified atom stereocenters. The van der Waals surface area contributed by atoms with E-state index in [4.69, 9.17) is 0 Å². The average Bonchev–Trinajstić information content (AvgIpc) is 2.94. The summed E-state index contributed by atoms with van der Waals surface area (Å²) in [6, 6.07) is 8.52. The number of hydrogen-bond donors (Lipinski definition) is 2. The largest absolute Gasteiger partial charge is 0.504 e. The Morgan fingerprint density at radius 1 is 1.09 bits per heavy atom. The standard InChI is InChI=1S/C20H20O3/c1-12-17-14(15(11-21)19(23)18(12)22)8-10-20(17)9-4-6-13-5-2-3-7-16(13)20/h2-3,5,7,11,22-23H,4,6,8-10H2,1H3. The van der Waals surface area contributed by atoms with E-state index in [0.29, 0.717) is 6.29 Å². The summed E-state index contributed by atoms with van der Waals surface area (Å²) in [5, 5.41) is 20.5. The zero-order chi connectivity index (χ0) is 16.2. The topological polar surface area (TPSA) is 57.5 Å². The monoisotopic (exact) mass is 308 g/mol. The van der Waals surface area contributed by atoms with Gasteiger partial charge in [-0.25, -0.2) is 0 Å². The maximum atomic E-state index is 11.5. The molecule has 2 aromatic carbocycles. The molecule has 4 rings (SSSR count). The van der Waals surface area contributed by atoms with Crippen molar-refractivity contribution in [2.45, 2.75) is 44.4 Å². The molecule has 2 aliphatic carbocycles. The highest BCUT2D eigenvalue weighted by molar-refractivity contribution is 5.86. The number of phenols is 2. The molecular formula is C20H20O3. The van der Waals surface area contributed by atoms with Crippen LogP contribution in [0.15, 0.2) is 24.3 Å². The molecule has 0 saturated heterocycles. The van der Waals surface area contributed by atoms with Gasteiger partial charge in [-0.2, -0.15) is 0 Å². The van der Waals surface area contributed by atoms with E-state index in [9.17, 15) is 15.0 Å². The van der Waals surface area contributed by atoms with Crippen LogP contribution in [0, 0.1) is 6.92 Å².